The number of halogens is 3. The quantitative estimate of drug-likeness (QED) is 0.606. The van der Waals surface area contributed by atoms with Crippen molar-refractivity contribution >= 4 is 5.69 Å². The van der Waals surface area contributed by atoms with Gasteiger partial charge in [-0.2, -0.15) is 13.2 Å². The number of para-hydroxylation sites is 1. The first-order valence-electron chi connectivity index (χ1n) is 4.35. The molecule has 0 bridgehead atoms. The van der Waals surface area contributed by atoms with Crippen molar-refractivity contribution in [3.8, 4) is 5.75 Å². The van der Waals surface area contributed by atoms with Crippen molar-refractivity contribution in [2.24, 2.45) is 0 Å². The fraction of sp³-hybridized carbons (Fsp3) is 0.200. The number of benzene rings is 1. The smallest absolute Gasteiger partial charge is 0.422 e. The monoisotopic (exact) mass is 246 g/mol. The Morgan fingerprint density at radius 2 is 2.12 bits per heavy atom. The molecule has 1 radical (unpaired) electrons. The Balaban J connectivity index is 3.07. The maximum absolute atomic E-state index is 11.9. The van der Waals surface area contributed by atoms with Crippen molar-refractivity contribution in [3.05, 3.63) is 46.5 Å². The Kier molecular flexibility index (Phi) is 3.72. The van der Waals surface area contributed by atoms with E-state index in [-0.39, 0.29) is 5.56 Å². The molecule has 0 aliphatic rings. The van der Waals surface area contributed by atoms with Crippen molar-refractivity contribution in [1.29, 1.82) is 0 Å². The van der Waals surface area contributed by atoms with E-state index in [2.05, 4.69) is 17.4 Å². The van der Waals surface area contributed by atoms with Gasteiger partial charge in [0.1, 0.15) is 0 Å². The SMILES string of the molecule is C=[C]c1cccc(OCC(F)(F)F)c1[N+](=O)[O-]. The van der Waals surface area contributed by atoms with Crippen molar-refractivity contribution in [2.75, 3.05) is 6.61 Å². The zero-order chi connectivity index (χ0) is 13.1. The van der Waals surface area contributed by atoms with Crippen molar-refractivity contribution < 1.29 is 22.8 Å². The average molecular weight is 246 g/mol. The maximum atomic E-state index is 11.9. The minimum absolute atomic E-state index is 0.0188. The number of nitro benzene ring substituents is 1. The van der Waals surface area contributed by atoms with Gasteiger partial charge in [-0.25, -0.2) is 0 Å². The first kappa shape index (κ1) is 13.0. The Morgan fingerprint density at radius 1 is 1.47 bits per heavy atom. The summed E-state index contributed by atoms with van der Waals surface area (Å²) < 4.78 is 40.2. The molecule has 0 fully saturated rings. The Labute approximate surface area is 94.5 Å². The second kappa shape index (κ2) is 4.86. The van der Waals surface area contributed by atoms with E-state index >= 15 is 0 Å². The highest BCUT2D eigenvalue weighted by atomic mass is 19.4. The van der Waals surface area contributed by atoms with E-state index in [1.54, 1.807) is 0 Å². The Morgan fingerprint density at radius 3 is 2.59 bits per heavy atom. The van der Waals surface area contributed by atoms with Crippen LogP contribution in [0.15, 0.2) is 24.8 Å². The molecule has 0 unspecified atom stereocenters. The highest BCUT2D eigenvalue weighted by Crippen LogP contribution is 2.31. The van der Waals surface area contributed by atoms with Gasteiger partial charge in [0.05, 0.1) is 10.5 Å². The highest BCUT2D eigenvalue weighted by Gasteiger charge is 2.30. The summed E-state index contributed by atoms with van der Waals surface area (Å²) in [6, 6.07) is 3.72. The van der Waals surface area contributed by atoms with Gasteiger partial charge < -0.3 is 4.74 Å². The zero-order valence-corrected chi connectivity index (χ0v) is 8.45. The summed E-state index contributed by atoms with van der Waals surface area (Å²) >= 11 is 0. The molecule has 0 atom stereocenters. The maximum Gasteiger partial charge on any atom is 0.422 e. The van der Waals surface area contributed by atoms with Gasteiger partial charge in [0.25, 0.3) is 0 Å². The van der Waals surface area contributed by atoms with E-state index in [9.17, 15) is 23.3 Å². The first-order valence-corrected chi connectivity index (χ1v) is 4.35. The molecular weight excluding hydrogens is 239 g/mol. The Bertz CT molecular complexity index is 443. The third-order valence-corrected chi connectivity index (χ3v) is 1.76. The van der Waals surface area contributed by atoms with Gasteiger partial charge in [0.2, 0.25) is 0 Å². The van der Waals surface area contributed by atoms with E-state index in [1.807, 2.05) is 0 Å². The topological polar surface area (TPSA) is 52.4 Å². The van der Waals surface area contributed by atoms with Crippen LogP contribution in [0.1, 0.15) is 5.56 Å². The van der Waals surface area contributed by atoms with E-state index < -0.39 is 29.1 Å². The molecule has 0 aliphatic carbocycles. The van der Waals surface area contributed by atoms with Crippen LogP contribution in [-0.2, 0) is 0 Å². The number of alkyl halides is 3. The largest absolute Gasteiger partial charge is 0.477 e. The number of hydrogen-bond donors (Lipinski definition) is 0. The third kappa shape index (κ3) is 3.47. The summed E-state index contributed by atoms with van der Waals surface area (Å²) in [6.07, 6.45) is -2.29. The summed E-state index contributed by atoms with van der Waals surface area (Å²) in [4.78, 5) is 9.87. The molecule has 1 aromatic rings. The molecule has 0 heterocycles. The van der Waals surface area contributed by atoms with E-state index in [4.69, 9.17) is 0 Å². The number of hydrogen-bond acceptors (Lipinski definition) is 3. The standard InChI is InChI=1S/C10H7F3NO3/c1-2-7-4-3-5-8(9(7)14(15)16)17-6-10(11,12)13/h3-5H,1,6H2. The number of rotatable bonds is 4. The van der Waals surface area contributed by atoms with Gasteiger partial charge in [0.15, 0.2) is 12.4 Å². The van der Waals surface area contributed by atoms with Gasteiger partial charge >= 0.3 is 11.9 Å². The molecule has 0 aliphatic heterocycles. The van der Waals surface area contributed by atoms with Gasteiger partial charge in [-0.15, -0.1) is 0 Å². The van der Waals surface area contributed by atoms with Crippen LogP contribution in [0.25, 0.3) is 0 Å². The van der Waals surface area contributed by atoms with Crippen LogP contribution in [0.2, 0.25) is 0 Å². The predicted molar refractivity (Wildman–Crippen MR) is 52.6 cm³/mol. The molecule has 0 aromatic heterocycles. The highest BCUT2D eigenvalue weighted by molar-refractivity contribution is 5.54. The molecule has 91 valence electrons. The van der Waals surface area contributed by atoms with Crippen LogP contribution in [-0.4, -0.2) is 17.7 Å². The van der Waals surface area contributed by atoms with Crippen LogP contribution in [0.5, 0.6) is 5.75 Å². The van der Waals surface area contributed by atoms with Gasteiger partial charge in [-0.3, -0.25) is 10.1 Å². The summed E-state index contributed by atoms with van der Waals surface area (Å²) in [6.45, 7) is 1.63. The molecule has 1 aromatic carbocycles. The van der Waals surface area contributed by atoms with Crippen LogP contribution < -0.4 is 4.74 Å². The lowest BCUT2D eigenvalue weighted by Crippen LogP contribution is -2.19. The van der Waals surface area contributed by atoms with Crippen LogP contribution in [0, 0.1) is 16.2 Å². The van der Waals surface area contributed by atoms with Crippen molar-refractivity contribution in [1.82, 2.24) is 0 Å². The number of nitrogens with zero attached hydrogens (tertiary/aromatic N) is 1. The molecule has 0 saturated carbocycles. The van der Waals surface area contributed by atoms with Crippen molar-refractivity contribution in [3.63, 3.8) is 0 Å². The molecule has 1 rings (SSSR count). The van der Waals surface area contributed by atoms with Crippen LogP contribution in [0.4, 0.5) is 18.9 Å². The minimum atomic E-state index is -4.55. The third-order valence-electron chi connectivity index (χ3n) is 1.76. The average Bonchev–Trinajstić information content (AvgIpc) is 2.24. The summed E-state index contributed by atoms with van der Waals surface area (Å²) in [5, 5.41) is 10.7. The summed E-state index contributed by atoms with van der Waals surface area (Å²) in [5.41, 5.74) is -0.596. The zero-order valence-electron chi connectivity index (χ0n) is 8.45. The van der Waals surface area contributed by atoms with Crippen LogP contribution >= 0.6 is 0 Å². The number of ether oxygens (including phenoxy) is 1. The predicted octanol–water partition coefficient (Wildman–Crippen LogP) is 2.87. The fourth-order valence-corrected chi connectivity index (χ4v) is 1.13. The molecular formula is C10H7F3NO3. The van der Waals surface area contributed by atoms with E-state index in [0.29, 0.717) is 0 Å². The molecule has 0 spiro atoms. The second-order valence-corrected chi connectivity index (χ2v) is 2.99. The van der Waals surface area contributed by atoms with E-state index in [0.717, 1.165) is 6.07 Å². The summed E-state index contributed by atoms with van der Waals surface area (Å²) in [5.74, 6) is -0.457. The molecule has 0 N–H and O–H groups in total. The van der Waals surface area contributed by atoms with Gasteiger partial charge in [-0.05, 0) is 18.2 Å². The second-order valence-electron chi connectivity index (χ2n) is 2.99. The Hall–Kier alpha value is -2.05. The lowest BCUT2D eigenvalue weighted by atomic mass is 10.1. The molecule has 4 nitrogen and oxygen atoms in total. The molecule has 0 amide bonds. The van der Waals surface area contributed by atoms with Crippen molar-refractivity contribution in [2.45, 2.75) is 6.18 Å². The fourth-order valence-electron chi connectivity index (χ4n) is 1.13. The minimum Gasteiger partial charge on any atom is -0.477 e. The lowest BCUT2D eigenvalue weighted by molar-refractivity contribution is -0.386. The van der Waals surface area contributed by atoms with Crippen LogP contribution in [0.3, 0.4) is 0 Å². The number of nitro groups is 1. The summed E-state index contributed by atoms with van der Waals surface area (Å²) in [7, 11) is 0. The first-order chi connectivity index (χ1) is 7.85. The molecule has 0 saturated heterocycles. The normalized spacial score (nSPS) is 11.0. The molecule has 17 heavy (non-hydrogen) atoms. The van der Waals surface area contributed by atoms with E-state index in [1.165, 1.54) is 12.1 Å². The van der Waals surface area contributed by atoms with Gasteiger partial charge in [-0.1, -0.05) is 12.6 Å². The lowest BCUT2D eigenvalue weighted by Gasteiger charge is -2.10. The molecule has 7 heteroatoms. The van der Waals surface area contributed by atoms with Gasteiger partial charge in [0, 0.05) is 0 Å².